The van der Waals surface area contributed by atoms with Crippen LogP contribution < -0.4 is 0 Å². The summed E-state index contributed by atoms with van der Waals surface area (Å²) < 4.78 is 2.86. The molecule has 0 spiro atoms. The van der Waals surface area contributed by atoms with Crippen molar-refractivity contribution >= 4 is 27.4 Å². The first-order valence-electron chi connectivity index (χ1n) is 7.52. The van der Waals surface area contributed by atoms with Gasteiger partial charge in [-0.3, -0.25) is 0 Å². The Morgan fingerprint density at radius 3 is 2.15 bits per heavy atom. The lowest BCUT2D eigenvalue weighted by Gasteiger charge is -2.43. The van der Waals surface area contributed by atoms with Crippen LogP contribution in [0.5, 0.6) is 0 Å². The maximum Gasteiger partial charge on any atom is 0.112 e. The maximum atomic E-state index is 3.39. The zero-order chi connectivity index (χ0) is 15.0. The third kappa shape index (κ3) is 3.42. The molecule has 1 aromatic heterocycles. The van der Waals surface area contributed by atoms with Crippen molar-refractivity contribution in [3.63, 3.8) is 0 Å². The molecule has 0 fully saturated rings. The quantitative estimate of drug-likeness (QED) is 0.795. The average Bonchev–Trinajstić information content (AvgIpc) is 2.69. The normalized spacial score (nSPS) is 13.3. The Balaban J connectivity index is 2.18. The van der Waals surface area contributed by atoms with Crippen LogP contribution in [0.15, 0.2) is 30.5 Å². The van der Waals surface area contributed by atoms with Gasteiger partial charge >= 0.3 is 0 Å². The monoisotopic (exact) mass is 304 g/mol. The molecule has 0 saturated carbocycles. The standard InChI is InChI=1S/C16H28N2Si2/c1-19(2,3)18(20(4,5)6)12-11-14-13-17-16-10-8-7-9-15(14)16/h7-10,13,17H,11-12H2,1-6H3. The third-order valence-electron chi connectivity index (χ3n) is 3.90. The molecule has 0 saturated heterocycles. The number of para-hydroxylation sites is 1. The predicted octanol–water partition coefficient (Wildman–Crippen LogP) is 4.68. The topological polar surface area (TPSA) is 19.0 Å². The van der Waals surface area contributed by atoms with E-state index in [0.29, 0.717) is 0 Å². The molecule has 4 heteroatoms. The van der Waals surface area contributed by atoms with Crippen LogP contribution in [0.2, 0.25) is 39.3 Å². The van der Waals surface area contributed by atoms with Crippen molar-refractivity contribution < 1.29 is 0 Å². The molecule has 1 N–H and O–H groups in total. The van der Waals surface area contributed by atoms with E-state index in [-0.39, 0.29) is 0 Å². The number of hydrogen-bond donors (Lipinski definition) is 1. The number of nitrogens with one attached hydrogen (secondary N) is 1. The molecule has 0 amide bonds. The van der Waals surface area contributed by atoms with Crippen LogP contribution in [0, 0.1) is 0 Å². The van der Waals surface area contributed by atoms with Crippen molar-refractivity contribution in [2.75, 3.05) is 6.54 Å². The van der Waals surface area contributed by atoms with Crippen LogP contribution in [-0.2, 0) is 6.42 Å². The lowest BCUT2D eigenvalue weighted by molar-refractivity contribution is 0.613. The van der Waals surface area contributed by atoms with Gasteiger partial charge in [-0.15, -0.1) is 0 Å². The van der Waals surface area contributed by atoms with Gasteiger partial charge in [0.05, 0.1) is 0 Å². The predicted molar refractivity (Wildman–Crippen MR) is 95.4 cm³/mol. The average molecular weight is 305 g/mol. The van der Waals surface area contributed by atoms with Crippen LogP contribution in [0.3, 0.4) is 0 Å². The molecule has 0 unspecified atom stereocenters. The Labute approximate surface area is 125 Å². The molecular formula is C16H28N2Si2. The number of nitrogens with zero attached hydrogens (tertiary/aromatic N) is 1. The first-order chi connectivity index (χ1) is 9.19. The summed E-state index contributed by atoms with van der Waals surface area (Å²) in [5, 5.41) is 1.39. The van der Waals surface area contributed by atoms with Crippen molar-refractivity contribution in [1.82, 2.24) is 9.22 Å². The summed E-state index contributed by atoms with van der Waals surface area (Å²) in [6.45, 7) is 16.0. The minimum atomic E-state index is -1.24. The summed E-state index contributed by atoms with van der Waals surface area (Å²) >= 11 is 0. The van der Waals surface area contributed by atoms with E-state index in [4.69, 9.17) is 0 Å². The van der Waals surface area contributed by atoms with E-state index >= 15 is 0 Å². The molecule has 2 nitrogen and oxygen atoms in total. The summed E-state index contributed by atoms with van der Waals surface area (Å²) in [6, 6.07) is 8.62. The van der Waals surface area contributed by atoms with Gasteiger partial charge in [-0.2, -0.15) is 0 Å². The first kappa shape index (κ1) is 15.5. The van der Waals surface area contributed by atoms with Gasteiger partial charge in [0, 0.05) is 17.1 Å². The molecule has 0 bridgehead atoms. The Morgan fingerprint density at radius 1 is 0.950 bits per heavy atom. The fourth-order valence-electron chi connectivity index (χ4n) is 3.25. The highest BCUT2D eigenvalue weighted by Crippen LogP contribution is 2.23. The van der Waals surface area contributed by atoms with Crippen molar-refractivity contribution in [1.29, 1.82) is 0 Å². The number of rotatable bonds is 5. The van der Waals surface area contributed by atoms with Gasteiger partial charge in [-0.25, -0.2) is 0 Å². The van der Waals surface area contributed by atoms with Gasteiger partial charge in [0.15, 0.2) is 0 Å². The Morgan fingerprint density at radius 2 is 1.55 bits per heavy atom. The largest absolute Gasteiger partial charge is 0.361 e. The van der Waals surface area contributed by atoms with Gasteiger partial charge in [-0.1, -0.05) is 57.5 Å². The molecule has 1 aromatic carbocycles. The van der Waals surface area contributed by atoms with Gasteiger partial charge in [-0.05, 0) is 24.6 Å². The lowest BCUT2D eigenvalue weighted by atomic mass is 10.1. The molecule has 0 aliphatic carbocycles. The second-order valence-electron chi connectivity index (χ2n) is 7.60. The smallest absolute Gasteiger partial charge is 0.112 e. The van der Waals surface area contributed by atoms with Crippen LogP contribution in [0.1, 0.15) is 5.56 Å². The van der Waals surface area contributed by atoms with E-state index in [2.05, 4.69) is 79.0 Å². The van der Waals surface area contributed by atoms with E-state index in [1.165, 1.54) is 23.0 Å². The molecule has 110 valence electrons. The van der Waals surface area contributed by atoms with E-state index in [1.807, 2.05) is 0 Å². The highest BCUT2D eigenvalue weighted by Gasteiger charge is 2.33. The number of H-pyrrole nitrogens is 1. The Bertz CT molecular complexity index is 562. The number of aromatic amines is 1. The molecule has 0 aliphatic heterocycles. The van der Waals surface area contributed by atoms with E-state index in [9.17, 15) is 0 Å². The lowest BCUT2D eigenvalue weighted by Crippen LogP contribution is -2.59. The summed E-state index contributed by atoms with van der Waals surface area (Å²) in [4.78, 5) is 3.39. The van der Waals surface area contributed by atoms with Gasteiger partial charge in [0.2, 0.25) is 0 Å². The third-order valence-corrected chi connectivity index (χ3v) is 11.6. The number of aromatic nitrogens is 1. The summed E-state index contributed by atoms with van der Waals surface area (Å²) in [6.07, 6.45) is 3.34. The second-order valence-corrected chi connectivity index (χ2v) is 17.8. The number of benzene rings is 1. The minimum absolute atomic E-state index is 1.15. The second kappa shape index (κ2) is 5.50. The molecule has 1 heterocycles. The molecule has 2 aromatic rings. The zero-order valence-electron chi connectivity index (χ0n) is 13.7. The number of hydrogen-bond acceptors (Lipinski definition) is 1. The zero-order valence-corrected chi connectivity index (χ0v) is 15.7. The number of fused-ring (bicyclic) bond motifs is 1. The highest BCUT2D eigenvalue weighted by molar-refractivity contribution is 6.89. The SMILES string of the molecule is C[Si](C)(C)N(CCc1c[nH]c2ccccc12)[Si](C)(C)C. The summed E-state index contributed by atoms with van der Waals surface area (Å²) in [7, 11) is -2.48. The van der Waals surface area contributed by atoms with Gasteiger partial charge < -0.3 is 9.22 Å². The summed E-state index contributed by atoms with van der Waals surface area (Å²) in [5.41, 5.74) is 2.72. The maximum absolute atomic E-state index is 3.39. The van der Waals surface area contributed by atoms with E-state index in [0.717, 1.165) is 6.42 Å². The van der Waals surface area contributed by atoms with Crippen LogP contribution in [-0.4, -0.2) is 32.2 Å². The highest BCUT2D eigenvalue weighted by atomic mass is 28.4. The van der Waals surface area contributed by atoms with Crippen molar-refractivity contribution in [3.8, 4) is 0 Å². The fraction of sp³-hybridized carbons (Fsp3) is 0.500. The molecule has 0 aliphatic rings. The van der Waals surface area contributed by atoms with E-state index in [1.54, 1.807) is 0 Å². The summed E-state index contributed by atoms with van der Waals surface area (Å²) in [5.74, 6) is 0. The molecule has 0 radical (unpaired) electrons. The van der Waals surface area contributed by atoms with Crippen molar-refractivity contribution in [2.24, 2.45) is 0 Å². The Hall–Kier alpha value is -0.846. The van der Waals surface area contributed by atoms with E-state index < -0.39 is 16.5 Å². The molecular weight excluding hydrogens is 276 g/mol. The molecule has 2 rings (SSSR count). The van der Waals surface area contributed by atoms with Gasteiger partial charge in [0.25, 0.3) is 0 Å². The van der Waals surface area contributed by atoms with Crippen molar-refractivity contribution in [3.05, 3.63) is 36.0 Å². The first-order valence-corrected chi connectivity index (χ1v) is 14.4. The van der Waals surface area contributed by atoms with Gasteiger partial charge in [0.1, 0.15) is 16.5 Å². The van der Waals surface area contributed by atoms with Crippen LogP contribution in [0.25, 0.3) is 10.9 Å². The van der Waals surface area contributed by atoms with Crippen LogP contribution >= 0.6 is 0 Å². The molecule has 0 atom stereocenters. The fourth-order valence-corrected chi connectivity index (χ4v) is 12.9. The van der Waals surface area contributed by atoms with Crippen LogP contribution in [0.4, 0.5) is 0 Å². The minimum Gasteiger partial charge on any atom is -0.361 e. The van der Waals surface area contributed by atoms with Crippen molar-refractivity contribution in [2.45, 2.75) is 45.7 Å². The molecule has 20 heavy (non-hydrogen) atoms. The Kier molecular flexibility index (Phi) is 4.28.